The molecule has 4 heteroatoms. The minimum atomic E-state index is 0.706. The Labute approximate surface area is 98.6 Å². The summed E-state index contributed by atoms with van der Waals surface area (Å²) in [6.07, 6.45) is 5.41. The van der Waals surface area contributed by atoms with E-state index < -0.39 is 0 Å². The summed E-state index contributed by atoms with van der Waals surface area (Å²) in [7, 11) is 1.85. The number of thiophene rings is 1. The van der Waals surface area contributed by atoms with Crippen molar-refractivity contribution in [3.05, 3.63) is 28.1 Å². The van der Waals surface area contributed by atoms with Gasteiger partial charge in [0, 0.05) is 23.7 Å². The van der Waals surface area contributed by atoms with Gasteiger partial charge >= 0.3 is 0 Å². The van der Waals surface area contributed by atoms with E-state index in [2.05, 4.69) is 26.7 Å². The monoisotopic (exact) mass is 231 g/mol. The molecule has 0 fully saturated rings. The van der Waals surface area contributed by atoms with Crippen LogP contribution in [0.15, 0.2) is 17.6 Å². The zero-order chi connectivity index (χ0) is 11.0. The Morgan fingerprint density at radius 2 is 2.31 bits per heavy atom. The molecule has 2 heterocycles. The van der Waals surface area contributed by atoms with Crippen LogP contribution >= 0.6 is 11.3 Å². The van der Waals surface area contributed by atoms with Crippen LogP contribution < -0.4 is 5.32 Å². The summed E-state index contributed by atoms with van der Waals surface area (Å²) in [4.78, 5) is 10.3. The molecule has 3 rings (SSSR count). The largest absolute Gasteiger partial charge is 0.357 e. The van der Waals surface area contributed by atoms with E-state index in [0.717, 1.165) is 18.5 Å². The van der Waals surface area contributed by atoms with Gasteiger partial charge in [0.1, 0.15) is 0 Å². The fraction of sp³-hybridized carbons (Fsp3) is 0.333. The van der Waals surface area contributed by atoms with Crippen LogP contribution in [0.4, 0.5) is 5.95 Å². The van der Waals surface area contributed by atoms with Crippen molar-refractivity contribution in [2.45, 2.75) is 19.3 Å². The number of anilines is 1. The molecule has 0 bridgehead atoms. The van der Waals surface area contributed by atoms with Crippen molar-refractivity contribution in [2.24, 2.45) is 0 Å². The summed E-state index contributed by atoms with van der Waals surface area (Å²) in [5.74, 6) is 0.706. The van der Waals surface area contributed by atoms with Crippen molar-refractivity contribution in [1.82, 2.24) is 9.97 Å². The lowest BCUT2D eigenvalue weighted by atomic mass is 10.1. The van der Waals surface area contributed by atoms with E-state index in [1.807, 2.05) is 24.6 Å². The van der Waals surface area contributed by atoms with Gasteiger partial charge in [0.05, 0.1) is 5.69 Å². The van der Waals surface area contributed by atoms with Crippen LogP contribution in [-0.2, 0) is 12.8 Å². The molecule has 1 N–H and O–H groups in total. The molecule has 0 aliphatic heterocycles. The van der Waals surface area contributed by atoms with Gasteiger partial charge in [0.25, 0.3) is 0 Å². The molecule has 2 aromatic heterocycles. The lowest BCUT2D eigenvalue weighted by molar-refractivity contribution is 0.837. The maximum atomic E-state index is 4.59. The second-order valence-corrected chi connectivity index (χ2v) is 4.93. The van der Waals surface area contributed by atoms with Crippen molar-refractivity contribution >= 4 is 17.3 Å². The molecule has 0 saturated carbocycles. The van der Waals surface area contributed by atoms with E-state index >= 15 is 0 Å². The van der Waals surface area contributed by atoms with Crippen molar-refractivity contribution in [3.63, 3.8) is 0 Å². The molecule has 0 radical (unpaired) electrons. The van der Waals surface area contributed by atoms with E-state index in [1.165, 1.54) is 22.4 Å². The molecule has 82 valence electrons. The van der Waals surface area contributed by atoms with Gasteiger partial charge in [-0.3, -0.25) is 0 Å². The molecule has 2 aromatic rings. The Morgan fingerprint density at radius 1 is 1.38 bits per heavy atom. The molecule has 0 atom stereocenters. The fourth-order valence-electron chi connectivity index (χ4n) is 2.13. The molecular formula is C12H13N3S. The van der Waals surface area contributed by atoms with Crippen LogP contribution in [0.3, 0.4) is 0 Å². The zero-order valence-electron chi connectivity index (χ0n) is 9.16. The summed E-state index contributed by atoms with van der Waals surface area (Å²) in [5.41, 5.74) is 3.70. The topological polar surface area (TPSA) is 37.8 Å². The highest BCUT2D eigenvalue weighted by atomic mass is 32.1. The third-order valence-electron chi connectivity index (χ3n) is 2.94. The van der Waals surface area contributed by atoms with E-state index in [1.54, 1.807) is 0 Å². The van der Waals surface area contributed by atoms with Gasteiger partial charge in [0.15, 0.2) is 0 Å². The first-order chi connectivity index (χ1) is 7.88. The van der Waals surface area contributed by atoms with Crippen LogP contribution in [0.25, 0.3) is 11.3 Å². The van der Waals surface area contributed by atoms with Crippen LogP contribution in [0.1, 0.15) is 16.9 Å². The van der Waals surface area contributed by atoms with Gasteiger partial charge in [-0.25, -0.2) is 9.97 Å². The number of nitrogens with one attached hydrogen (secondary N) is 1. The summed E-state index contributed by atoms with van der Waals surface area (Å²) >= 11 is 1.83. The molecule has 16 heavy (non-hydrogen) atoms. The lowest BCUT2D eigenvalue weighted by Gasteiger charge is -2.06. The number of hydrogen-bond acceptors (Lipinski definition) is 4. The number of nitrogens with zero attached hydrogens (tertiary/aromatic N) is 2. The van der Waals surface area contributed by atoms with Gasteiger partial charge in [-0.05, 0) is 36.3 Å². The number of hydrogen-bond donors (Lipinski definition) is 1. The van der Waals surface area contributed by atoms with Crippen molar-refractivity contribution in [3.8, 4) is 11.3 Å². The minimum absolute atomic E-state index is 0.706. The average molecular weight is 231 g/mol. The predicted molar refractivity (Wildman–Crippen MR) is 66.9 cm³/mol. The first-order valence-electron chi connectivity index (χ1n) is 5.49. The molecular weight excluding hydrogens is 218 g/mol. The van der Waals surface area contributed by atoms with E-state index in [9.17, 15) is 0 Å². The van der Waals surface area contributed by atoms with E-state index in [0.29, 0.717) is 5.95 Å². The van der Waals surface area contributed by atoms with Crippen molar-refractivity contribution in [1.29, 1.82) is 0 Å². The van der Waals surface area contributed by atoms with Crippen molar-refractivity contribution < 1.29 is 0 Å². The third kappa shape index (κ3) is 1.50. The van der Waals surface area contributed by atoms with Gasteiger partial charge in [-0.2, -0.15) is 0 Å². The number of aryl methyl sites for hydroxylation is 2. The van der Waals surface area contributed by atoms with Crippen LogP contribution in [0.2, 0.25) is 0 Å². The maximum Gasteiger partial charge on any atom is 0.222 e. The Kier molecular flexibility index (Phi) is 2.36. The zero-order valence-corrected chi connectivity index (χ0v) is 9.97. The molecule has 0 unspecified atom stereocenters. The molecule has 0 aromatic carbocycles. The van der Waals surface area contributed by atoms with Crippen molar-refractivity contribution in [2.75, 3.05) is 12.4 Å². The molecule has 1 aliphatic carbocycles. The highest BCUT2D eigenvalue weighted by Crippen LogP contribution is 2.34. The summed E-state index contributed by atoms with van der Waals surface area (Å²) in [5, 5.41) is 5.16. The molecule has 1 aliphatic rings. The molecule has 0 saturated heterocycles. The smallest absolute Gasteiger partial charge is 0.222 e. The normalized spacial score (nSPS) is 13.8. The number of rotatable bonds is 1. The second kappa shape index (κ2) is 3.87. The average Bonchev–Trinajstić information content (AvgIpc) is 2.71. The quantitative estimate of drug-likeness (QED) is 0.820. The molecule has 0 amide bonds. The fourth-order valence-corrected chi connectivity index (χ4v) is 3.05. The molecule has 0 spiro atoms. The van der Waals surface area contributed by atoms with Gasteiger partial charge in [-0.15, -0.1) is 11.3 Å². The number of aromatic nitrogens is 2. The van der Waals surface area contributed by atoms with Gasteiger partial charge < -0.3 is 5.32 Å². The SMILES string of the molecule is CNc1ncc2c(n1)-c1ccsc1CCC2. The van der Waals surface area contributed by atoms with Gasteiger partial charge in [0.2, 0.25) is 5.95 Å². The highest BCUT2D eigenvalue weighted by molar-refractivity contribution is 7.10. The summed E-state index contributed by atoms with van der Waals surface area (Å²) in [6.45, 7) is 0. The van der Waals surface area contributed by atoms with Crippen LogP contribution in [0.5, 0.6) is 0 Å². The summed E-state index contributed by atoms with van der Waals surface area (Å²) < 4.78 is 0. The predicted octanol–water partition coefficient (Wildman–Crippen LogP) is 2.74. The van der Waals surface area contributed by atoms with E-state index in [4.69, 9.17) is 0 Å². The maximum absolute atomic E-state index is 4.59. The summed E-state index contributed by atoms with van der Waals surface area (Å²) in [6, 6.07) is 2.18. The van der Waals surface area contributed by atoms with Crippen LogP contribution in [0, 0.1) is 0 Å². The standard InChI is InChI=1S/C12H13N3S/c1-13-12-14-7-8-3-2-4-10-9(5-6-16-10)11(8)15-12/h5-7H,2-4H2,1H3,(H,13,14,15). The first-order valence-corrected chi connectivity index (χ1v) is 6.37. The van der Waals surface area contributed by atoms with Crippen LogP contribution in [-0.4, -0.2) is 17.0 Å². The Hall–Kier alpha value is -1.42. The number of fused-ring (bicyclic) bond motifs is 3. The van der Waals surface area contributed by atoms with Gasteiger partial charge in [-0.1, -0.05) is 0 Å². The minimum Gasteiger partial charge on any atom is -0.357 e. The third-order valence-corrected chi connectivity index (χ3v) is 3.92. The Morgan fingerprint density at radius 3 is 3.19 bits per heavy atom. The first kappa shape index (κ1) is 9.78. The lowest BCUT2D eigenvalue weighted by Crippen LogP contribution is -2.00. The highest BCUT2D eigenvalue weighted by Gasteiger charge is 2.17. The second-order valence-electron chi connectivity index (χ2n) is 3.93. The Bertz CT molecular complexity index is 519. The molecule has 3 nitrogen and oxygen atoms in total. The Balaban J connectivity index is 2.21. The van der Waals surface area contributed by atoms with E-state index in [-0.39, 0.29) is 0 Å².